The average molecular weight is 912 g/mol. The minimum absolute atomic E-state index is 0.0221. The Morgan fingerprint density at radius 2 is 1.77 bits per heavy atom. The molecule has 10 rings (SSSR count). The van der Waals surface area contributed by atoms with E-state index >= 15 is 0 Å². The number of pyridine rings is 2. The van der Waals surface area contributed by atoms with Crippen LogP contribution in [0.4, 0.5) is 5.82 Å². The Labute approximate surface area is 388 Å². The lowest BCUT2D eigenvalue weighted by Gasteiger charge is -2.39. The summed E-state index contributed by atoms with van der Waals surface area (Å²) in [6.45, 7) is 13.3. The third-order valence-electron chi connectivity index (χ3n) is 14.5. The number of hydrogen-bond donors (Lipinski definition) is 3. The van der Waals surface area contributed by atoms with Crippen LogP contribution in [0.3, 0.4) is 0 Å². The van der Waals surface area contributed by atoms with Crippen LogP contribution in [0.5, 0.6) is 11.5 Å². The first kappa shape index (κ1) is 43.8. The fraction of sp³-hybridized carbons (Fsp3) is 0.440. The largest absolute Gasteiger partial charge is 0.508 e. The van der Waals surface area contributed by atoms with Gasteiger partial charge in [0.1, 0.15) is 35.5 Å². The summed E-state index contributed by atoms with van der Waals surface area (Å²) in [6, 6.07) is 18.4. The summed E-state index contributed by atoms with van der Waals surface area (Å²) >= 11 is 6.17. The van der Waals surface area contributed by atoms with Crippen molar-refractivity contribution in [1.82, 2.24) is 34.9 Å². The van der Waals surface area contributed by atoms with Gasteiger partial charge < -0.3 is 39.4 Å². The lowest BCUT2D eigenvalue weighted by Crippen LogP contribution is -2.48. The van der Waals surface area contributed by atoms with Crippen molar-refractivity contribution < 1.29 is 24.5 Å². The molecule has 2 saturated heterocycles. The molecular formula is C50H54ClN9O6. The monoisotopic (exact) mass is 911 g/mol. The van der Waals surface area contributed by atoms with Crippen molar-refractivity contribution in [1.29, 1.82) is 5.26 Å². The van der Waals surface area contributed by atoms with E-state index in [0.717, 1.165) is 112 Å². The van der Waals surface area contributed by atoms with Crippen molar-refractivity contribution in [3.8, 4) is 29.0 Å². The Hall–Kier alpha value is -6.05. The van der Waals surface area contributed by atoms with Crippen molar-refractivity contribution in [2.45, 2.75) is 89.3 Å². The molecule has 342 valence electrons. The van der Waals surface area contributed by atoms with Gasteiger partial charge in [-0.2, -0.15) is 5.26 Å². The van der Waals surface area contributed by atoms with Crippen molar-refractivity contribution in [2.24, 2.45) is 5.92 Å². The molecule has 2 aromatic carbocycles. The molecule has 1 atom stereocenters. The van der Waals surface area contributed by atoms with Gasteiger partial charge in [0.15, 0.2) is 11.5 Å². The number of phenols is 1. The molecule has 7 heterocycles. The van der Waals surface area contributed by atoms with Gasteiger partial charge in [-0.25, -0.2) is 4.98 Å². The van der Waals surface area contributed by atoms with Crippen molar-refractivity contribution in [2.75, 3.05) is 50.7 Å². The first-order chi connectivity index (χ1) is 32.0. The minimum Gasteiger partial charge on any atom is -0.508 e. The summed E-state index contributed by atoms with van der Waals surface area (Å²) in [7, 11) is 0. The molecular weight excluding hydrogens is 858 g/mol. The molecule has 1 saturated carbocycles. The molecule has 4 aliphatic heterocycles. The minimum atomic E-state index is -1.44. The van der Waals surface area contributed by atoms with Crippen LogP contribution < -0.4 is 20.5 Å². The van der Waals surface area contributed by atoms with E-state index in [4.69, 9.17) is 31.3 Å². The lowest BCUT2D eigenvalue weighted by molar-refractivity contribution is -0.0172. The van der Waals surface area contributed by atoms with Crippen LogP contribution in [0.25, 0.3) is 22.3 Å². The van der Waals surface area contributed by atoms with Gasteiger partial charge in [0.25, 0.3) is 11.5 Å². The number of halogens is 1. The molecule has 3 aromatic heterocycles. The number of rotatable bonds is 10. The first-order valence-corrected chi connectivity index (χ1v) is 23.5. The molecule has 0 unspecified atom stereocenters. The number of phenolic OH excluding ortho intramolecular Hbond substituents is 1. The summed E-state index contributed by atoms with van der Waals surface area (Å²) in [5.74, 6) is 2.28. The Bertz CT molecular complexity index is 2810. The fourth-order valence-corrected chi connectivity index (χ4v) is 10.7. The number of piperazine rings is 1. The van der Waals surface area contributed by atoms with Crippen LogP contribution in [-0.2, 0) is 30.0 Å². The second-order valence-electron chi connectivity index (χ2n) is 18.5. The molecule has 5 aromatic rings. The third kappa shape index (κ3) is 8.36. The highest BCUT2D eigenvalue weighted by molar-refractivity contribution is 6.31. The molecule has 0 spiro atoms. The van der Waals surface area contributed by atoms with Gasteiger partial charge in [-0.1, -0.05) is 25.1 Å². The van der Waals surface area contributed by atoms with Gasteiger partial charge in [0.05, 0.1) is 45.7 Å². The molecule has 3 N–H and O–H groups in total. The van der Waals surface area contributed by atoms with Crippen LogP contribution in [0.15, 0.2) is 71.7 Å². The molecule has 66 heavy (non-hydrogen) atoms. The molecule has 1 amide bonds. The van der Waals surface area contributed by atoms with Crippen LogP contribution in [0.1, 0.15) is 90.2 Å². The summed E-state index contributed by atoms with van der Waals surface area (Å²) in [5, 5.41) is 44.9. The summed E-state index contributed by atoms with van der Waals surface area (Å²) < 4.78 is 13.5. The fourth-order valence-electron chi connectivity index (χ4n) is 10.5. The number of piperidine rings is 1. The van der Waals surface area contributed by atoms with E-state index < -0.39 is 5.60 Å². The zero-order valence-electron chi connectivity index (χ0n) is 37.1. The smallest absolute Gasteiger partial charge is 0.272 e. The molecule has 0 radical (unpaired) electrons. The Morgan fingerprint density at radius 3 is 2.48 bits per heavy atom. The predicted octanol–water partition coefficient (Wildman–Crippen LogP) is 6.24. The van der Waals surface area contributed by atoms with Gasteiger partial charge in [-0.05, 0) is 99.4 Å². The number of ether oxygens (including phenoxy) is 2. The predicted molar refractivity (Wildman–Crippen MR) is 249 cm³/mol. The van der Waals surface area contributed by atoms with Crippen molar-refractivity contribution >= 4 is 34.2 Å². The summed E-state index contributed by atoms with van der Waals surface area (Å²) in [4.78, 5) is 39.1. The van der Waals surface area contributed by atoms with Gasteiger partial charge in [0, 0.05) is 86.5 Å². The normalized spacial score (nSPS) is 22.3. The SMILES string of the molecule is C=C1OCc2c(cc3n(c2=O)Cc2cc4c(CN5CCN(CC6CCN(c7ccc(C(=O)N[C@H]8CC[C@H](Oc9ccc(C#N)c(Cl)c9)CC8)nn7)CC6)CC5)c(O)ccc4nc2-3)[C@@]1(O)CC. The van der Waals surface area contributed by atoms with E-state index in [1.807, 2.05) is 25.1 Å². The Balaban J connectivity index is 0.689. The van der Waals surface area contributed by atoms with Crippen molar-refractivity contribution in [3.63, 3.8) is 0 Å². The average Bonchev–Trinajstić information content (AvgIpc) is 3.70. The lowest BCUT2D eigenvalue weighted by atomic mass is 9.84. The van der Waals surface area contributed by atoms with E-state index in [9.17, 15) is 19.8 Å². The van der Waals surface area contributed by atoms with Crippen LogP contribution in [0.2, 0.25) is 5.02 Å². The summed E-state index contributed by atoms with van der Waals surface area (Å²) in [6.07, 6.45) is 5.63. The number of hydrogen-bond acceptors (Lipinski definition) is 13. The maximum Gasteiger partial charge on any atom is 0.272 e. The van der Waals surface area contributed by atoms with Crippen molar-refractivity contribution in [3.05, 3.63) is 116 Å². The molecule has 5 aliphatic rings. The second kappa shape index (κ2) is 18.0. The number of aromatic hydroxyl groups is 1. The molecule has 15 nitrogen and oxygen atoms in total. The zero-order valence-corrected chi connectivity index (χ0v) is 37.9. The highest BCUT2D eigenvalue weighted by Gasteiger charge is 2.41. The van der Waals surface area contributed by atoms with E-state index in [-0.39, 0.29) is 41.7 Å². The standard InChI is InChI=1S/C50H54ClN9O6/c1-3-50(64)30(2)65-29-39-40(50)24-44-47-33(27-60(44)49(39)63)22-37-38(45(61)12-10-42(37)54-47)28-58-20-18-57(19-21-58)26-31-14-16-59(17-15-31)46-13-11-43(55-56-46)48(62)53-34-5-8-35(9-6-34)66-36-7-4-32(25-52)41(51)23-36/h4,7,10-13,22-24,31,34-35,61,64H,2-3,5-6,8-9,14-21,26-29H2,1H3,(H,53,62)/t34-,35-,50-/m1/s1. The number of aliphatic hydroxyl groups is 1. The number of aromatic nitrogens is 4. The highest BCUT2D eigenvalue weighted by Crippen LogP contribution is 2.42. The van der Waals surface area contributed by atoms with Crippen LogP contribution in [-0.4, -0.2) is 104 Å². The molecule has 16 heteroatoms. The number of nitrogens with one attached hydrogen (secondary N) is 1. The van der Waals surface area contributed by atoms with Gasteiger partial charge in [0.2, 0.25) is 0 Å². The van der Waals surface area contributed by atoms with Gasteiger partial charge in [-0.15, -0.1) is 10.2 Å². The number of benzene rings is 2. The number of anilines is 1. The maximum atomic E-state index is 13.8. The highest BCUT2D eigenvalue weighted by atomic mass is 35.5. The van der Waals surface area contributed by atoms with Crippen LogP contribution >= 0.6 is 11.6 Å². The quantitative estimate of drug-likeness (QED) is 0.141. The van der Waals surface area contributed by atoms with E-state index in [0.29, 0.717) is 70.0 Å². The number of fused-ring (bicyclic) bond motifs is 5. The molecule has 3 fully saturated rings. The van der Waals surface area contributed by atoms with E-state index in [1.54, 1.807) is 34.9 Å². The number of nitriles is 1. The Morgan fingerprint density at radius 1 is 1.00 bits per heavy atom. The van der Waals surface area contributed by atoms with Crippen LogP contribution in [0, 0.1) is 17.2 Å². The number of amides is 1. The number of carbonyl (C=O) groups excluding carboxylic acids is 1. The number of nitrogens with zero attached hydrogens (tertiary/aromatic N) is 8. The molecule has 1 aliphatic carbocycles. The van der Waals surface area contributed by atoms with Gasteiger partial charge >= 0.3 is 0 Å². The zero-order chi connectivity index (χ0) is 45.7. The van der Waals surface area contributed by atoms with E-state index in [2.05, 4.69) is 48.9 Å². The second-order valence-corrected chi connectivity index (χ2v) is 18.9. The maximum absolute atomic E-state index is 13.8. The van der Waals surface area contributed by atoms with E-state index in [1.165, 1.54) is 0 Å². The first-order valence-electron chi connectivity index (χ1n) is 23.1. The number of carbonyl (C=O) groups is 1. The van der Waals surface area contributed by atoms with Gasteiger partial charge in [-0.3, -0.25) is 14.5 Å². The Kier molecular flexibility index (Phi) is 11.9. The molecule has 0 bridgehead atoms. The summed E-state index contributed by atoms with van der Waals surface area (Å²) in [5.41, 5.74) is 3.97. The third-order valence-corrected chi connectivity index (χ3v) is 14.8. The topological polar surface area (TPSA) is 182 Å².